The zero-order valence-corrected chi connectivity index (χ0v) is 20.7. The van der Waals surface area contributed by atoms with Crippen molar-refractivity contribution in [2.75, 3.05) is 22.5 Å². The van der Waals surface area contributed by atoms with E-state index < -0.39 is 0 Å². The number of benzene rings is 3. The topological polar surface area (TPSA) is 112 Å². The molecule has 0 saturated carbocycles. The number of rotatable bonds is 14. The number of hydrogen-bond donors (Lipinski definition) is 4. The predicted octanol–water partition coefficient (Wildman–Crippen LogP) is 6.70. The molecule has 0 saturated heterocycles. The zero-order valence-electron chi connectivity index (χ0n) is 20.7. The van der Waals surface area contributed by atoms with Crippen LogP contribution in [0.3, 0.4) is 0 Å². The van der Waals surface area contributed by atoms with Gasteiger partial charge in [0.1, 0.15) is 5.75 Å². The number of ketones is 1. The first-order valence-corrected chi connectivity index (χ1v) is 12.6. The van der Waals surface area contributed by atoms with Crippen LogP contribution in [-0.2, 0) is 0 Å². The van der Waals surface area contributed by atoms with E-state index in [1.54, 1.807) is 24.3 Å². The highest BCUT2D eigenvalue weighted by atomic mass is 16.3. The average Bonchev–Trinajstić information content (AvgIpc) is 2.92. The summed E-state index contributed by atoms with van der Waals surface area (Å²) in [5, 5.41) is 19.2. The Kier molecular flexibility index (Phi) is 9.41. The second kappa shape index (κ2) is 13.6. The van der Waals surface area contributed by atoms with Gasteiger partial charge in [-0.25, -0.2) is 0 Å². The molecule has 4 rings (SSSR count). The van der Waals surface area contributed by atoms with Gasteiger partial charge in [-0.1, -0.05) is 67.8 Å². The molecule has 0 spiro atoms. The molecule has 0 radical (unpaired) electrons. The van der Waals surface area contributed by atoms with E-state index in [1.807, 2.05) is 60.7 Å². The van der Waals surface area contributed by atoms with Crippen LogP contribution in [0.1, 0.15) is 48.9 Å². The van der Waals surface area contributed by atoms with Crippen molar-refractivity contribution in [1.29, 1.82) is 0 Å². The highest BCUT2D eigenvalue weighted by molar-refractivity contribution is 5.95. The van der Waals surface area contributed by atoms with Crippen LogP contribution in [-0.4, -0.2) is 32.4 Å². The molecular formula is C29H32N6O2. The molecule has 0 bridgehead atoms. The number of para-hydroxylation sites is 1. The molecule has 1 heterocycles. The van der Waals surface area contributed by atoms with Crippen LogP contribution < -0.4 is 16.0 Å². The SMILES string of the molecule is O=C(CCCCCCCNc1nc(Nc2ccccc2)nc(Nc2ccc(O)cc2)n1)c1ccccc1. The number of phenols is 1. The lowest BCUT2D eigenvalue weighted by Crippen LogP contribution is -2.10. The molecule has 37 heavy (non-hydrogen) atoms. The molecule has 4 N–H and O–H groups in total. The second-order valence-electron chi connectivity index (χ2n) is 8.70. The molecule has 0 amide bonds. The number of nitrogens with zero attached hydrogens (tertiary/aromatic N) is 3. The molecule has 3 aromatic carbocycles. The van der Waals surface area contributed by atoms with E-state index in [4.69, 9.17) is 0 Å². The molecule has 0 aliphatic rings. The van der Waals surface area contributed by atoms with Crippen LogP contribution >= 0.6 is 0 Å². The molecule has 190 valence electrons. The standard InChI is InChI=1S/C29H32N6O2/c36-25-19-17-24(18-20-25)32-29-34-27(33-28(35-29)31-23-14-8-5-9-15-23)30-21-11-3-1-2-10-16-26(37)22-12-6-4-7-13-22/h4-9,12-15,17-20,36H,1-3,10-11,16,21H2,(H3,30,31,32,33,34,35). The maximum Gasteiger partial charge on any atom is 0.233 e. The minimum atomic E-state index is 0.192. The van der Waals surface area contributed by atoms with Gasteiger partial charge < -0.3 is 21.1 Å². The maximum atomic E-state index is 12.2. The number of hydrogen-bond acceptors (Lipinski definition) is 8. The van der Waals surface area contributed by atoms with Crippen molar-refractivity contribution in [3.8, 4) is 5.75 Å². The van der Waals surface area contributed by atoms with E-state index in [0.29, 0.717) is 24.3 Å². The van der Waals surface area contributed by atoms with Gasteiger partial charge in [0.2, 0.25) is 17.8 Å². The Hall–Kier alpha value is -4.46. The smallest absolute Gasteiger partial charge is 0.233 e. The number of unbranched alkanes of at least 4 members (excludes halogenated alkanes) is 4. The zero-order chi connectivity index (χ0) is 25.7. The van der Waals surface area contributed by atoms with Crippen molar-refractivity contribution in [2.45, 2.75) is 38.5 Å². The van der Waals surface area contributed by atoms with Crippen LogP contribution in [0.15, 0.2) is 84.9 Å². The summed E-state index contributed by atoms with van der Waals surface area (Å²) in [4.78, 5) is 25.7. The van der Waals surface area contributed by atoms with E-state index >= 15 is 0 Å². The van der Waals surface area contributed by atoms with E-state index in [-0.39, 0.29) is 11.5 Å². The Morgan fingerprint density at radius 3 is 1.84 bits per heavy atom. The number of aromatic hydroxyl groups is 1. The molecule has 1 aromatic heterocycles. The largest absolute Gasteiger partial charge is 0.508 e. The number of aromatic nitrogens is 3. The van der Waals surface area contributed by atoms with Crippen LogP contribution in [0.25, 0.3) is 0 Å². The Labute approximate surface area is 217 Å². The van der Waals surface area contributed by atoms with Crippen molar-refractivity contribution < 1.29 is 9.90 Å². The Balaban J connectivity index is 1.25. The van der Waals surface area contributed by atoms with Gasteiger partial charge in [-0.3, -0.25) is 4.79 Å². The second-order valence-corrected chi connectivity index (χ2v) is 8.70. The lowest BCUT2D eigenvalue weighted by Gasteiger charge is -2.11. The summed E-state index contributed by atoms with van der Waals surface area (Å²) in [6.07, 6.45) is 5.66. The van der Waals surface area contributed by atoms with Gasteiger partial charge in [0.25, 0.3) is 0 Å². The Morgan fingerprint density at radius 2 is 1.16 bits per heavy atom. The Bertz CT molecular complexity index is 1250. The minimum absolute atomic E-state index is 0.192. The van der Waals surface area contributed by atoms with Gasteiger partial charge in [-0.05, 0) is 49.2 Å². The quantitative estimate of drug-likeness (QED) is 0.0867. The van der Waals surface area contributed by atoms with E-state index in [0.717, 1.165) is 55.6 Å². The molecule has 0 atom stereocenters. The van der Waals surface area contributed by atoms with Gasteiger partial charge in [0, 0.05) is 29.9 Å². The van der Waals surface area contributed by atoms with E-state index in [2.05, 4.69) is 30.9 Å². The number of anilines is 5. The third-order valence-corrected chi connectivity index (χ3v) is 5.75. The van der Waals surface area contributed by atoms with Gasteiger partial charge in [0.05, 0.1) is 0 Å². The van der Waals surface area contributed by atoms with Crippen LogP contribution in [0, 0.1) is 0 Å². The minimum Gasteiger partial charge on any atom is -0.508 e. The number of phenolic OH excluding ortho intramolecular Hbond substituents is 1. The normalized spacial score (nSPS) is 10.6. The van der Waals surface area contributed by atoms with Crippen molar-refractivity contribution in [2.24, 2.45) is 0 Å². The van der Waals surface area contributed by atoms with Crippen molar-refractivity contribution in [3.63, 3.8) is 0 Å². The first-order valence-electron chi connectivity index (χ1n) is 12.6. The van der Waals surface area contributed by atoms with Crippen molar-refractivity contribution in [3.05, 3.63) is 90.5 Å². The summed E-state index contributed by atoms with van der Waals surface area (Å²) < 4.78 is 0. The molecule has 8 nitrogen and oxygen atoms in total. The van der Waals surface area contributed by atoms with E-state index in [1.165, 1.54) is 0 Å². The number of nitrogens with one attached hydrogen (secondary N) is 3. The fourth-order valence-electron chi connectivity index (χ4n) is 3.80. The fourth-order valence-corrected chi connectivity index (χ4v) is 3.80. The first-order chi connectivity index (χ1) is 18.2. The predicted molar refractivity (Wildman–Crippen MR) is 148 cm³/mol. The third-order valence-electron chi connectivity index (χ3n) is 5.75. The summed E-state index contributed by atoms with van der Waals surface area (Å²) in [6.45, 7) is 0.733. The first kappa shape index (κ1) is 25.6. The lowest BCUT2D eigenvalue weighted by atomic mass is 10.0. The maximum absolute atomic E-state index is 12.2. The van der Waals surface area contributed by atoms with Crippen molar-refractivity contribution >= 4 is 35.0 Å². The molecule has 8 heteroatoms. The highest BCUT2D eigenvalue weighted by Gasteiger charge is 2.08. The molecule has 0 unspecified atom stereocenters. The van der Waals surface area contributed by atoms with Gasteiger partial charge in [-0.2, -0.15) is 15.0 Å². The van der Waals surface area contributed by atoms with Gasteiger partial charge in [-0.15, -0.1) is 0 Å². The van der Waals surface area contributed by atoms with Gasteiger partial charge >= 0.3 is 0 Å². The summed E-state index contributed by atoms with van der Waals surface area (Å²) in [5.41, 5.74) is 2.43. The molecule has 0 aliphatic carbocycles. The number of carbonyl (C=O) groups is 1. The third kappa shape index (κ3) is 8.61. The summed E-state index contributed by atoms with van der Waals surface area (Å²) in [5.74, 6) is 1.70. The number of carbonyl (C=O) groups excluding carboxylic acids is 1. The molecule has 4 aromatic rings. The molecule has 0 fully saturated rings. The fraction of sp³-hybridized carbons (Fsp3) is 0.241. The summed E-state index contributed by atoms with van der Waals surface area (Å²) in [7, 11) is 0. The van der Waals surface area contributed by atoms with E-state index in [9.17, 15) is 9.90 Å². The van der Waals surface area contributed by atoms with Gasteiger partial charge in [0.15, 0.2) is 5.78 Å². The lowest BCUT2D eigenvalue weighted by molar-refractivity contribution is 0.0979. The number of Topliss-reactive ketones (excluding diaryl/α,β-unsaturated/α-hetero) is 1. The molecule has 0 aliphatic heterocycles. The molecular weight excluding hydrogens is 464 g/mol. The van der Waals surface area contributed by atoms with Crippen LogP contribution in [0.5, 0.6) is 5.75 Å². The highest BCUT2D eigenvalue weighted by Crippen LogP contribution is 2.20. The van der Waals surface area contributed by atoms with Crippen molar-refractivity contribution in [1.82, 2.24) is 15.0 Å². The average molecular weight is 497 g/mol. The monoisotopic (exact) mass is 496 g/mol. The summed E-state index contributed by atoms with van der Waals surface area (Å²) >= 11 is 0. The van der Waals surface area contributed by atoms with Crippen LogP contribution in [0.4, 0.5) is 29.2 Å². The van der Waals surface area contributed by atoms with Crippen LogP contribution in [0.2, 0.25) is 0 Å². The summed E-state index contributed by atoms with van der Waals surface area (Å²) in [6, 6.07) is 25.9. The Morgan fingerprint density at radius 1 is 0.622 bits per heavy atom.